The molecular weight excluding hydrogens is 539 g/mol. The van der Waals surface area contributed by atoms with Crippen LogP contribution in [0, 0.1) is 6.92 Å². The maximum absolute atomic E-state index is 12.3. The van der Waals surface area contributed by atoms with Crippen LogP contribution in [0.2, 0.25) is 5.04 Å². The molecule has 3 atom stereocenters. The topological polar surface area (TPSA) is 151 Å². The monoisotopic (exact) mass is 576 g/mol. The number of aromatic amines is 1. The van der Waals surface area contributed by atoms with Crippen LogP contribution in [0.25, 0.3) is 0 Å². The molecule has 1 aromatic heterocycles. The Kier molecular flexibility index (Phi) is 9.72. The zero-order valence-electron chi connectivity index (χ0n) is 22.8. The van der Waals surface area contributed by atoms with Gasteiger partial charge in [-0.2, -0.15) is 0 Å². The van der Waals surface area contributed by atoms with Gasteiger partial charge >= 0.3 is 13.3 Å². The molecule has 12 heteroatoms. The van der Waals surface area contributed by atoms with Gasteiger partial charge in [0.15, 0.2) is 0 Å². The molecule has 212 valence electrons. The summed E-state index contributed by atoms with van der Waals surface area (Å²) in [7, 11) is -6.42. The summed E-state index contributed by atoms with van der Waals surface area (Å²) in [6.07, 6.45) is -0.372. The largest absolute Gasteiger partial charge is 0.405 e. The van der Waals surface area contributed by atoms with Gasteiger partial charge < -0.3 is 24.1 Å². The quantitative estimate of drug-likeness (QED) is 0.257. The van der Waals surface area contributed by atoms with E-state index in [0.717, 1.165) is 17.0 Å². The number of ether oxygens (including phenoxy) is 1. The lowest BCUT2D eigenvalue weighted by atomic mass is 10.2. The lowest BCUT2D eigenvalue weighted by Crippen LogP contribution is -2.67. The normalized spacial score (nSPS) is 19.8. The lowest BCUT2D eigenvalue weighted by Gasteiger charge is -2.43. The second-order valence-electron chi connectivity index (χ2n) is 10.7. The Morgan fingerprint density at radius 1 is 1.05 bits per heavy atom. The molecule has 0 aliphatic carbocycles. The number of aliphatic hydroxyl groups excluding tert-OH is 1. The van der Waals surface area contributed by atoms with Crippen LogP contribution in [0.4, 0.5) is 0 Å². The van der Waals surface area contributed by atoms with Gasteiger partial charge in [-0.05, 0) is 22.3 Å². The highest BCUT2D eigenvalue weighted by Gasteiger charge is 2.51. The van der Waals surface area contributed by atoms with Crippen molar-refractivity contribution in [2.75, 3.05) is 13.3 Å². The minimum Gasteiger partial charge on any atom is -0.405 e. The Balaban J connectivity index is 0.000000771. The van der Waals surface area contributed by atoms with E-state index in [1.165, 1.54) is 10.8 Å². The molecule has 3 aromatic rings. The molecule has 10 nitrogen and oxygen atoms in total. The summed E-state index contributed by atoms with van der Waals surface area (Å²) >= 11 is 0. The van der Waals surface area contributed by atoms with Gasteiger partial charge in [-0.15, -0.1) is 0 Å². The molecule has 1 aliphatic heterocycles. The molecule has 0 unspecified atom stereocenters. The van der Waals surface area contributed by atoms with Gasteiger partial charge in [-0.3, -0.25) is 18.9 Å². The third-order valence-corrected chi connectivity index (χ3v) is 11.5. The first-order valence-corrected chi connectivity index (χ1v) is 16.5. The molecule has 0 saturated carbocycles. The molecule has 0 amide bonds. The third kappa shape index (κ3) is 7.52. The Hall–Kier alpha value is -2.63. The number of rotatable bonds is 6. The zero-order chi connectivity index (χ0) is 29.0. The lowest BCUT2D eigenvalue weighted by molar-refractivity contribution is -0.0427. The van der Waals surface area contributed by atoms with Crippen molar-refractivity contribution in [3.63, 3.8) is 0 Å². The second kappa shape index (κ2) is 12.3. The molecule has 0 bridgehead atoms. The van der Waals surface area contributed by atoms with Gasteiger partial charge in [-0.25, -0.2) is 4.79 Å². The molecule has 39 heavy (non-hydrogen) atoms. The fourth-order valence-electron chi connectivity index (χ4n) is 4.80. The van der Waals surface area contributed by atoms with E-state index in [4.69, 9.17) is 18.9 Å². The van der Waals surface area contributed by atoms with Crippen molar-refractivity contribution in [1.82, 2.24) is 9.55 Å². The average Bonchev–Trinajstić information content (AvgIpc) is 3.21. The predicted molar refractivity (Wildman–Crippen MR) is 152 cm³/mol. The summed E-state index contributed by atoms with van der Waals surface area (Å²) in [6, 6.07) is 20.5. The van der Waals surface area contributed by atoms with Crippen molar-refractivity contribution in [1.29, 1.82) is 0 Å². The minimum absolute atomic E-state index is 0.183. The van der Waals surface area contributed by atoms with E-state index in [2.05, 4.69) is 50.0 Å². The van der Waals surface area contributed by atoms with Crippen LogP contribution in [0.15, 0.2) is 76.4 Å². The van der Waals surface area contributed by atoms with Crippen molar-refractivity contribution >= 4 is 26.3 Å². The fourth-order valence-corrected chi connectivity index (χ4v) is 9.37. The maximum Gasteiger partial charge on any atom is 0.330 e. The fraction of sp³-hybridized carbons (Fsp3) is 0.407. The third-order valence-electron chi connectivity index (χ3n) is 6.54. The van der Waals surface area contributed by atoms with Gasteiger partial charge in [0, 0.05) is 24.8 Å². The summed E-state index contributed by atoms with van der Waals surface area (Å²) in [5.74, 6) is 0. The number of hydrogen-bond acceptors (Lipinski definition) is 6. The van der Waals surface area contributed by atoms with Crippen LogP contribution in [0.5, 0.6) is 0 Å². The summed E-state index contributed by atoms with van der Waals surface area (Å²) in [4.78, 5) is 41.6. The molecule has 2 heterocycles. The molecule has 0 spiro atoms. The van der Waals surface area contributed by atoms with Crippen molar-refractivity contribution < 1.29 is 28.6 Å². The predicted octanol–water partition coefficient (Wildman–Crippen LogP) is 1.86. The summed E-state index contributed by atoms with van der Waals surface area (Å²) in [5.41, 5.74) is -0.572. The van der Waals surface area contributed by atoms with Crippen LogP contribution >= 0.6 is 7.60 Å². The number of aliphatic hydroxyl groups is 1. The highest BCUT2D eigenvalue weighted by molar-refractivity contribution is 7.50. The second-order valence-corrected chi connectivity index (χ2v) is 16.7. The van der Waals surface area contributed by atoms with Crippen LogP contribution in [0.1, 0.15) is 39.0 Å². The Bertz CT molecular complexity index is 1350. The Morgan fingerprint density at radius 2 is 1.54 bits per heavy atom. The van der Waals surface area contributed by atoms with Crippen molar-refractivity contribution in [3.8, 4) is 0 Å². The summed E-state index contributed by atoms with van der Waals surface area (Å²) in [6.45, 7) is 9.24. The molecule has 1 fully saturated rings. The van der Waals surface area contributed by atoms with Gasteiger partial charge in [0.1, 0.15) is 12.3 Å². The molecular formula is C27H37N2O8PSi. The zero-order valence-corrected chi connectivity index (χ0v) is 24.7. The van der Waals surface area contributed by atoms with Gasteiger partial charge in [-0.1, -0.05) is 81.4 Å². The van der Waals surface area contributed by atoms with E-state index < -0.39 is 45.6 Å². The number of nitrogens with zero attached hydrogens (tertiary/aromatic N) is 1. The molecule has 1 aliphatic rings. The molecule has 4 N–H and O–H groups in total. The number of nitrogens with one attached hydrogen (secondary N) is 1. The van der Waals surface area contributed by atoms with Crippen LogP contribution in [-0.2, 0) is 13.7 Å². The number of benzene rings is 2. The smallest absolute Gasteiger partial charge is 0.330 e. The van der Waals surface area contributed by atoms with Crippen molar-refractivity contribution in [3.05, 3.63) is 93.3 Å². The van der Waals surface area contributed by atoms with E-state index in [1.807, 2.05) is 36.4 Å². The Labute approximate surface area is 228 Å². The number of hydrogen-bond donors (Lipinski definition) is 4. The van der Waals surface area contributed by atoms with Crippen LogP contribution < -0.4 is 21.6 Å². The summed E-state index contributed by atoms with van der Waals surface area (Å²) in [5, 5.41) is 12.9. The van der Waals surface area contributed by atoms with Crippen molar-refractivity contribution in [2.24, 2.45) is 0 Å². The van der Waals surface area contributed by atoms with Gasteiger partial charge in [0.05, 0.1) is 12.7 Å². The SMILES string of the molecule is CP(=O)(O)O.Cc1cn([C@H]2C[C@H](O)[C@@H](CO[Si](c3ccccc3)(c3ccccc3)C(C)(C)C)O2)c(=O)[nH]c1=O. The van der Waals surface area contributed by atoms with E-state index in [-0.39, 0.29) is 18.1 Å². The maximum atomic E-state index is 12.3. The summed E-state index contributed by atoms with van der Waals surface area (Å²) < 4.78 is 23.7. The van der Waals surface area contributed by atoms with E-state index in [0.29, 0.717) is 5.56 Å². The van der Waals surface area contributed by atoms with Crippen LogP contribution in [0.3, 0.4) is 0 Å². The Morgan fingerprint density at radius 3 is 2.00 bits per heavy atom. The van der Waals surface area contributed by atoms with E-state index in [9.17, 15) is 19.3 Å². The number of H-pyrrole nitrogens is 1. The molecule has 2 aromatic carbocycles. The van der Waals surface area contributed by atoms with Gasteiger partial charge in [0.25, 0.3) is 13.9 Å². The first-order chi connectivity index (χ1) is 18.1. The van der Waals surface area contributed by atoms with E-state index >= 15 is 0 Å². The molecule has 4 rings (SSSR count). The highest BCUT2D eigenvalue weighted by Crippen LogP contribution is 2.38. The van der Waals surface area contributed by atoms with Gasteiger partial charge in [0.2, 0.25) is 0 Å². The highest BCUT2D eigenvalue weighted by atomic mass is 31.2. The van der Waals surface area contributed by atoms with Crippen LogP contribution in [-0.4, -0.2) is 58.2 Å². The molecule has 0 radical (unpaired) electrons. The van der Waals surface area contributed by atoms with Crippen molar-refractivity contribution in [2.45, 2.75) is 57.6 Å². The number of aromatic nitrogens is 2. The first kappa shape index (κ1) is 30.9. The first-order valence-electron chi connectivity index (χ1n) is 12.6. The molecule has 1 saturated heterocycles. The minimum atomic E-state index is -3.64. The standard InChI is InChI=1S/C26H32N2O5Si.CH5O3P/c1-18-16-28(25(31)27-24(18)30)23-15-21(29)22(33-23)17-32-34(26(2,3)4,19-11-7-5-8-12-19)20-13-9-6-10-14-20;1-5(2,3)4/h5-14,16,21-23,29H,15,17H2,1-4H3,(H,27,30,31);1H3,(H2,2,3,4)/t21-,22+,23+;/m0./s1. The number of aryl methyl sites for hydroxylation is 1. The van der Waals surface area contributed by atoms with E-state index in [1.54, 1.807) is 6.92 Å². The average molecular weight is 577 g/mol.